The lowest BCUT2D eigenvalue weighted by Gasteiger charge is -2.33. The fourth-order valence-electron chi connectivity index (χ4n) is 2.89. The number of alkyl halides is 3. The molecule has 1 aliphatic heterocycles. The van der Waals surface area contributed by atoms with Gasteiger partial charge >= 0.3 is 6.18 Å². The van der Waals surface area contributed by atoms with Crippen LogP contribution in [0.1, 0.15) is 12.5 Å². The predicted octanol–water partition coefficient (Wildman–Crippen LogP) is 2.69. The molecule has 0 bridgehead atoms. The lowest BCUT2D eigenvalue weighted by atomic mass is 10.1. The number of fused-ring (bicyclic) bond motifs is 1. The first kappa shape index (κ1) is 17.8. The minimum atomic E-state index is -4.40. The number of morpholine rings is 1. The van der Waals surface area contributed by atoms with Crippen molar-refractivity contribution in [3.05, 3.63) is 40.2 Å². The molecule has 1 N–H and O–H groups in total. The van der Waals surface area contributed by atoms with Crippen LogP contribution in [0.2, 0.25) is 0 Å². The fourth-order valence-corrected chi connectivity index (χ4v) is 2.89. The summed E-state index contributed by atoms with van der Waals surface area (Å²) in [6, 6.07) is 7.02. The van der Waals surface area contributed by atoms with Crippen LogP contribution in [-0.4, -0.2) is 48.5 Å². The Kier molecular flexibility index (Phi) is 5.01. The zero-order valence-corrected chi connectivity index (χ0v) is 13.7. The van der Waals surface area contributed by atoms with Gasteiger partial charge in [-0.3, -0.25) is 9.69 Å². The van der Waals surface area contributed by atoms with E-state index >= 15 is 0 Å². The van der Waals surface area contributed by atoms with E-state index in [1.54, 1.807) is 29.2 Å². The molecule has 2 heterocycles. The van der Waals surface area contributed by atoms with Gasteiger partial charge in [-0.05, 0) is 31.2 Å². The Morgan fingerprint density at radius 2 is 2.16 bits per heavy atom. The van der Waals surface area contributed by atoms with Crippen LogP contribution in [0, 0.1) is 0 Å². The molecule has 8 heteroatoms. The second-order valence-corrected chi connectivity index (χ2v) is 5.94. The molecule has 0 radical (unpaired) electrons. The summed E-state index contributed by atoms with van der Waals surface area (Å²) in [5.74, 6) is 0.677. The number of pyridine rings is 1. The molecule has 1 aromatic heterocycles. The summed E-state index contributed by atoms with van der Waals surface area (Å²) >= 11 is 0. The SMILES string of the molecule is CCOc1ccc2[nH]c(=O)c(CN3CCO[C@H](C(F)(F)F)C3)cc2c1. The van der Waals surface area contributed by atoms with Crippen molar-refractivity contribution in [2.24, 2.45) is 0 Å². The number of hydrogen-bond donors (Lipinski definition) is 1. The third-order valence-corrected chi connectivity index (χ3v) is 4.11. The van der Waals surface area contributed by atoms with Crippen LogP contribution in [-0.2, 0) is 11.3 Å². The van der Waals surface area contributed by atoms with Gasteiger partial charge in [-0.25, -0.2) is 0 Å². The minimum Gasteiger partial charge on any atom is -0.494 e. The predicted molar refractivity (Wildman–Crippen MR) is 86.8 cm³/mol. The Morgan fingerprint density at radius 3 is 2.88 bits per heavy atom. The number of nitrogens with zero attached hydrogens (tertiary/aromatic N) is 1. The van der Waals surface area contributed by atoms with Crippen molar-refractivity contribution in [3.8, 4) is 5.75 Å². The Morgan fingerprint density at radius 1 is 1.36 bits per heavy atom. The summed E-state index contributed by atoms with van der Waals surface area (Å²) in [6.45, 7) is 2.60. The molecule has 1 atom stereocenters. The summed E-state index contributed by atoms with van der Waals surface area (Å²) in [5, 5.41) is 0.779. The zero-order chi connectivity index (χ0) is 18.0. The quantitative estimate of drug-likeness (QED) is 0.915. The summed E-state index contributed by atoms with van der Waals surface area (Å²) < 4.78 is 48.7. The highest BCUT2D eigenvalue weighted by atomic mass is 19.4. The van der Waals surface area contributed by atoms with Gasteiger partial charge in [0.25, 0.3) is 5.56 Å². The highest BCUT2D eigenvalue weighted by Gasteiger charge is 2.43. The van der Waals surface area contributed by atoms with E-state index in [0.717, 1.165) is 5.39 Å². The summed E-state index contributed by atoms with van der Waals surface area (Å²) in [6.07, 6.45) is -6.22. The Hall–Kier alpha value is -2.06. The maximum atomic E-state index is 12.8. The van der Waals surface area contributed by atoms with Crippen LogP contribution in [0.4, 0.5) is 13.2 Å². The number of ether oxygens (including phenoxy) is 2. The molecule has 1 aromatic carbocycles. The lowest BCUT2D eigenvalue weighted by molar-refractivity contribution is -0.237. The Bertz CT molecular complexity index is 804. The largest absolute Gasteiger partial charge is 0.494 e. The maximum absolute atomic E-state index is 12.8. The molecule has 5 nitrogen and oxygen atoms in total. The van der Waals surface area contributed by atoms with Gasteiger partial charge in [0.15, 0.2) is 6.10 Å². The van der Waals surface area contributed by atoms with E-state index in [2.05, 4.69) is 4.98 Å². The van der Waals surface area contributed by atoms with Gasteiger partial charge in [0.1, 0.15) is 5.75 Å². The number of hydrogen-bond acceptors (Lipinski definition) is 4. The number of benzene rings is 1. The second-order valence-electron chi connectivity index (χ2n) is 5.94. The number of nitrogens with one attached hydrogen (secondary N) is 1. The second kappa shape index (κ2) is 7.05. The zero-order valence-electron chi connectivity index (χ0n) is 13.7. The molecule has 3 rings (SSSR count). The van der Waals surface area contributed by atoms with Gasteiger partial charge in [0, 0.05) is 36.1 Å². The normalized spacial score (nSPS) is 19.3. The summed E-state index contributed by atoms with van der Waals surface area (Å²) in [7, 11) is 0. The number of halogens is 3. The van der Waals surface area contributed by atoms with Gasteiger partial charge in [-0.2, -0.15) is 13.2 Å². The molecular formula is C17H19F3N2O3. The number of aromatic amines is 1. The van der Waals surface area contributed by atoms with E-state index in [-0.39, 0.29) is 25.3 Å². The lowest BCUT2D eigenvalue weighted by Crippen LogP contribution is -2.49. The monoisotopic (exact) mass is 356 g/mol. The van der Waals surface area contributed by atoms with Gasteiger partial charge in [-0.15, -0.1) is 0 Å². The minimum absolute atomic E-state index is 0.00977. The Balaban J connectivity index is 1.82. The number of rotatable bonds is 4. The topological polar surface area (TPSA) is 54.6 Å². The van der Waals surface area contributed by atoms with Crippen LogP contribution >= 0.6 is 0 Å². The van der Waals surface area contributed by atoms with E-state index in [1.165, 1.54) is 0 Å². The van der Waals surface area contributed by atoms with E-state index in [1.807, 2.05) is 6.92 Å². The van der Waals surface area contributed by atoms with Crippen molar-refractivity contribution in [1.82, 2.24) is 9.88 Å². The van der Waals surface area contributed by atoms with Crippen molar-refractivity contribution in [3.63, 3.8) is 0 Å². The van der Waals surface area contributed by atoms with Crippen molar-refractivity contribution < 1.29 is 22.6 Å². The third kappa shape index (κ3) is 4.13. The highest BCUT2D eigenvalue weighted by Crippen LogP contribution is 2.26. The number of H-pyrrole nitrogens is 1. The fraction of sp³-hybridized carbons (Fsp3) is 0.471. The first-order valence-electron chi connectivity index (χ1n) is 8.06. The molecule has 2 aromatic rings. The van der Waals surface area contributed by atoms with E-state index < -0.39 is 12.3 Å². The van der Waals surface area contributed by atoms with Gasteiger partial charge < -0.3 is 14.5 Å². The molecule has 1 saturated heterocycles. The smallest absolute Gasteiger partial charge is 0.415 e. The van der Waals surface area contributed by atoms with Crippen LogP contribution < -0.4 is 10.3 Å². The molecule has 0 unspecified atom stereocenters. The van der Waals surface area contributed by atoms with Crippen LogP contribution in [0.5, 0.6) is 5.75 Å². The summed E-state index contributed by atoms with van der Waals surface area (Å²) in [4.78, 5) is 16.6. The van der Waals surface area contributed by atoms with Crippen LogP contribution in [0.3, 0.4) is 0 Å². The van der Waals surface area contributed by atoms with Crippen LogP contribution in [0.25, 0.3) is 10.9 Å². The average Bonchev–Trinajstić information content (AvgIpc) is 2.56. The molecule has 136 valence electrons. The first-order chi connectivity index (χ1) is 11.9. The van der Waals surface area contributed by atoms with E-state index in [4.69, 9.17) is 9.47 Å². The highest BCUT2D eigenvalue weighted by molar-refractivity contribution is 5.80. The van der Waals surface area contributed by atoms with Crippen LogP contribution in [0.15, 0.2) is 29.1 Å². The maximum Gasteiger partial charge on any atom is 0.415 e. The molecule has 0 aliphatic carbocycles. The first-order valence-corrected chi connectivity index (χ1v) is 8.06. The standard InChI is InChI=1S/C17H19F3N2O3/c1-2-24-13-3-4-14-11(8-13)7-12(16(23)21-14)9-22-5-6-25-15(10-22)17(18,19)20/h3-4,7-8,15H,2,5-6,9-10H2,1H3,(H,21,23)/t15-/m0/s1. The van der Waals surface area contributed by atoms with Crippen molar-refractivity contribution >= 4 is 10.9 Å². The van der Waals surface area contributed by atoms with E-state index in [0.29, 0.717) is 30.0 Å². The molecule has 25 heavy (non-hydrogen) atoms. The Labute approximate surface area is 142 Å². The average molecular weight is 356 g/mol. The molecule has 0 amide bonds. The molecule has 0 saturated carbocycles. The molecular weight excluding hydrogens is 337 g/mol. The molecule has 0 spiro atoms. The molecule has 1 aliphatic rings. The van der Waals surface area contributed by atoms with E-state index in [9.17, 15) is 18.0 Å². The van der Waals surface area contributed by atoms with Crippen molar-refractivity contribution in [2.75, 3.05) is 26.3 Å². The summed E-state index contributed by atoms with van der Waals surface area (Å²) in [5.41, 5.74) is 0.781. The third-order valence-electron chi connectivity index (χ3n) is 4.11. The van der Waals surface area contributed by atoms with Gasteiger partial charge in [0.2, 0.25) is 0 Å². The van der Waals surface area contributed by atoms with Gasteiger partial charge in [0.05, 0.1) is 13.2 Å². The van der Waals surface area contributed by atoms with Crippen molar-refractivity contribution in [2.45, 2.75) is 25.7 Å². The number of aromatic nitrogens is 1. The molecule has 1 fully saturated rings. The van der Waals surface area contributed by atoms with Crippen molar-refractivity contribution in [1.29, 1.82) is 0 Å². The van der Waals surface area contributed by atoms with Gasteiger partial charge in [-0.1, -0.05) is 0 Å².